The molecule has 0 aliphatic heterocycles. The highest BCUT2D eigenvalue weighted by atomic mass is 16.5. The summed E-state index contributed by atoms with van der Waals surface area (Å²) in [5, 5.41) is 23.0. The molecule has 0 fully saturated rings. The summed E-state index contributed by atoms with van der Waals surface area (Å²) in [5.41, 5.74) is 0. The van der Waals surface area contributed by atoms with Gasteiger partial charge in [0.05, 0.1) is 25.4 Å². The summed E-state index contributed by atoms with van der Waals surface area (Å²) < 4.78 is 5.48. The Hall–Kier alpha value is -2.18. The van der Waals surface area contributed by atoms with Crippen molar-refractivity contribution in [1.29, 1.82) is 0 Å². The molecule has 0 heterocycles. The van der Waals surface area contributed by atoms with Crippen LogP contribution in [0.1, 0.15) is 303 Å². The highest BCUT2D eigenvalue weighted by molar-refractivity contribution is 5.76. The van der Waals surface area contributed by atoms with Crippen molar-refractivity contribution in [3.8, 4) is 0 Å². The molecule has 392 valence electrons. The lowest BCUT2D eigenvalue weighted by Crippen LogP contribution is -2.45. The van der Waals surface area contributed by atoms with Crippen molar-refractivity contribution in [2.45, 2.75) is 315 Å². The molecule has 3 N–H and O–H groups in total. The SMILES string of the molecule is CCCCC/C=C\C/C=C\CCCCCCCCCC(=O)OCCCCCCCCCCCCC/C=C\CCCCCCCCCC(=O)NC(CO)C(O)/C=C/CCCCCCCCCCC. The van der Waals surface area contributed by atoms with Crippen LogP contribution in [0.2, 0.25) is 0 Å². The Bertz CT molecular complexity index is 1130. The third kappa shape index (κ3) is 53.0. The Kier molecular flexibility index (Phi) is 54.6. The van der Waals surface area contributed by atoms with Gasteiger partial charge in [-0.05, 0) is 89.9 Å². The van der Waals surface area contributed by atoms with Crippen LogP contribution in [0.4, 0.5) is 0 Å². The van der Waals surface area contributed by atoms with E-state index in [0.29, 0.717) is 19.4 Å². The second-order valence-corrected chi connectivity index (χ2v) is 20.0. The zero-order valence-electron chi connectivity index (χ0n) is 44.6. The van der Waals surface area contributed by atoms with Crippen LogP contribution >= 0.6 is 0 Å². The van der Waals surface area contributed by atoms with Crippen molar-refractivity contribution in [3.05, 3.63) is 48.6 Å². The largest absolute Gasteiger partial charge is 0.466 e. The first-order valence-corrected chi connectivity index (χ1v) is 29.4. The number of allylic oxidation sites excluding steroid dienone is 7. The number of hydrogen-bond donors (Lipinski definition) is 3. The van der Waals surface area contributed by atoms with Crippen LogP contribution in [0, 0.1) is 0 Å². The van der Waals surface area contributed by atoms with E-state index in [4.69, 9.17) is 4.74 Å². The number of aliphatic hydroxyl groups is 2. The molecule has 0 spiro atoms. The minimum absolute atomic E-state index is 0.00101. The summed E-state index contributed by atoms with van der Waals surface area (Å²) in [4.78, 5) is 24.5. The van der Waals surface area contributed by atoms with Crippen LogP contribution < -0.4 is 5.32 Å². The highest BCUT2D eigenvalue weighted by Gasteiger charge is 2.18. The Balaban J connectivity index is 3.42. The van der Waals surface area contributed by atoms with Gasteiger partial charge in [-0.3, -0.25) is 9.59 Å². The highest BCUT2D eigenvalue weighted by Crippen LogP contribution is 2.16. The van der Waals surface area contributed by atoms with E-state index < -0.39 is 12.1 Å². The van der Waals surface area contributed by atoms with Gasteiger partial charge in [0.1, 0.15) is 0 Å². The molecule has 0 radical (unpaired) electrons. The van der Waals surface area contributed by atoms with Gasteiger partial charge in [0.2, 0.25) is 5.91 Å². The fraction of sp³-hybridized carbons (Fsp3) is 0.836. The number of carbonyl (C=O) groups excluding carboxylic acids is 2. The molecule has 2 unspecified atom stereocenters. The molecular formula is C61H113NO5. The molecular weight excluding hydrogens is 827 g/mol. The molecule has 6 nitrogen and oxygen atoms in total. The minimum Gasteiger partial charge on any atom is -0.466 e. The van der Waals surface area contributed by atoms with Crippen molar-refractivity contribution in [3.63, 3.8) is 0 Å². The van der Waals surface area contributed by atoms with Gasteiger partial charge in [0.15, 0.2) is 0 Å². The zero-order valence-corrected chi connectivity index (χ0v) is 44.6. The number of esters is 1. The predicted molar refractivity (Wildman–Crippen MR) is 292 cm³/mol. The molecule has 2 atom stereocenters. The summed E-state index contributed by atoms with van der Waals surface area (Å²) in [7, 11) is 0. The summed E-state index contributed by atoms with van der Waals surface area (Å²) in [5.74, 6) is -0.0759. The predicted octanol–water partition coefficient (Wildman–Crippen LogP) is 18.2. The van der Waals surface area contributed by atoms with Gasteiger partial charge in [-0.2, -0.15) is 0 Å². The van der Waals surface area contributed by atoms with Crippen molar-refractivity contribution >= 4 is 11.9 Å². The van der Waals surface area contributed by atoms with Crippen molar-refractivity contribution in [2.75, 3.05) is 13.2 Å². The van der Waals surface area contributed by atoms with Crippen molar-refractivity contribution in [2.24, 2.45) is 0 Å². The molecule has 67 heavy (non-hydrogen) atoms. The lowest BCUT2D eigenvalue weighted by atomic mass is 10.0. The van der Waals surface area contributed by atoms with Crippen molar-refractivity contribution < 1.29 is 24.5 Å². The number of nitrogens with one attached hydrogen (secondary N) is 1. The molecule has 0 saturated heterocycles. The number of unbranched alkanes of at least 4 members (excludes halogenated alkanes) is 37. The van der Waals surface area contributed by atoms with Crippen LogP contribution in [0.15, 0.2) is 48.6 Å². The van der Waals surface area contributed by atoms with E-state index in [1.807, 2.05) is 6.08 Å². The molecule has 0 aromatic carbocycles. The normalized spacial score (nSPS) is 13.0. The van der Waals surface area contributed by atoms with E-state index in [9.17, 15) is 19.8 Å². The first kappa shape index (κ1) is 64.8. The zero-order chi connectivity index (χ0) is 48.6. The molecule has 0 aliphatic rings. The maximum atomic E-state index is 12.4. The Morgan fingerprint density at radius 1 is 0.418 bits per heavy atom. The van der Waals surface area contributed by atoms with E-state index in [1.165, 1.54) is 218 Å². The van der Waals surface area contributed by atoms with Gasteiger partial charge in [-0.25, -0.2) is 0 Å². The Morgan fingerprint density at radius 2 is 0.746 bits per heavy atom. The third-order valence-electron chi connectivity index (χ3n) is 13.3. The summed E-state index contributed by atoms with van der Waals surface area (Å²) in [6.45, 7) is 4.86. The van der Waals surface area contributed by atoms with Gasteiger partial charge in [0.25, 0.3) is 0 Å². The monoisotopic (exact) mass is 940 g/mol. The number of aliphatic hydroxyl groups excluding tert-OH is 2. The van der Waals surface area contributed by atoms with Crippen LogP contribution in [-0.4, -0.2) is 47.4 Å². The van der Waals surface area contributed by atoms with Gasteiger partial charge < -0.3 is 20.3 Å². The smallest absolute Gasteiger partial charge is 0.305 e. The second kappa shape index (κ2) is 56.4. The molecule has 1 amide bonds. The summed E-state index contributed by atoms with van der Waals surface area (Å²) in [6.07, 6.45) is 71.4. The summed E-state index contributed by atoms with van der Waals surface area (Å²) >= 11 is 0. The van der Waals surface area contributed by atoms with Crippen LogP contribution in [0.5, 0.6) is 0 Å². The average Bonchev–Trinajstić information content (AvgIpc) is 3.33. The van der Waals surface area contributed by atoms with E-state index in [-0.39, 0.29) is 18.5 Å². The molecule has 0 bridgehead atoms. The molecule has 0 rings (SSSR count). The molecule has 0 aromatic rings. The number of amides is 1. The Labute approximate surface area is 416 Å². The first-order valence-electron chi connectivity index (χ1n) is 29.4. The van der Waals surface area contributed by atoms with Crippen LogP contribution in [-0.2, 0) is 14.3 Å². The molecule has 6 heteroatoms. The maximum Gasteiger partial charge on any atom is 0.305 e. The Morgan fingerprint density at radius 3 is 1.18 bits per heavy atom. The summed E-state index contributed by atoms with van der Waals surface area (Å²) in [6, 6.07) is -0.632. The topological polar surface area (TPSA) is 95.9 Å². The van der Waals surface area contributed by atoms with E-state index >= 15 is 0 Å². The fourth-order valence-electron chi connectivity index (χ4n) is 8.78. The average molecular weight is 941 g/mol. The maximum absolute atomic E-state index is 12.4. The van der Waals surface area contributed by atoms with Gasteiger partial charge in [0, 0.05) is 12.8 Å². The minimum atomic E-state index is -0.848. The molecule has 0 aliphatic carbocycles. The van der Waals surface area contributed by atoms with Crippen molar-refractivity contribution in [1.82, 2.24) is 5.32 Å². The number of rotatable bonds is 54. The lowest BCUT2D eigenvalue weighted by molar-refractivity contribution is -0.143. The lowest BCUT2D eigenvalue weighted by Gasteiger charge is -2.20. The van der Waals surface area contributed by atoms with Crippen LogP contribution in [0.25, 0.3) is 0 Å². The third-order valence-corrected chi connectivity index (χ3v) is 13.3. The number of hydrogen-bond acceptors (Lipinski definition) is 5. The first-order chi connectivity index (χ1) is 33.0. The number of ether oxygens (including phenoxy) is 1. The van der Waals surface area contributed by atoms with Gasteiger partial charge >= 0.3 is 5.97 Å². The second-order valence-electron chi connectivity index (χ2n) is 20.0. The van der Waals surface area contributed by atoms with E-state index in [1.54, 1.807) is 6.08 Å². The standard InChI is InChI=1S/C61H113NO5/c1-3-5-7-9-11-13-15-16-17-24-28-31-35-39-43-47-51-55-61(66)67-56-52-48-44-40-36-32-29-26-23-21-19-18-20-22-25-27-30-34-38-42-46-50-54-60(65)62-58(57-63)59(64)53-49-45-41-37-33-14-12-10-8-6-4-2/h11,13,16-17,20,22,49,53,58-59,63-64H,3-10,12,14-15,18-19,21,23-48,50-52,54-57H2,1-2H3,(H,62,65)/b13-11-,17-16-,22-20-,53-49+. The van der Waals surface area contributed by atoms with E-state index in [2.05, 4.69) is 55.6 Å². The fourth-order valence-corrected chi connectivity index (χ4v) is 8.78. The van der Waals surface area contributed by atoms with Gasteiger partial charge in [-0.15, -0.1) is 0 Å². The molecule has 0 aromatic heterocycles. The van der Waals surface area contributed by atoms with Gasteiger partial charge in [-0.1, -0.05) is 249 Å². The quantitative estimate of drug-likeness (QED) is 0.0321. The van der Waals surface area contributed by atoms with Crippen LogP contribution in [0.3, 0.4) is 0 Å². The number of carbonyl (C=O) groups is 2. The van der Waals surface area contributed by atoms with E-state index in [0.717, 1.165) is 57.8 Å². The molecule has 0 saturated carbocycles.